The quantitative estimate of drug-likeness (QED) is 0.667. The van der Waals surface area contributed by atoms with E-state index in [1.165, 1.54) is 6.33 Å². The van der Waals surface area contributed by atoms with Crippen molar-refractivity contribution in [2.45, 2.75) is 0 Å². The maximum absolute atomic E-state index is 10.7. The first kappa shape index (κ1) is 8.16. The number of aromatic nitrogens is 3. The van der Waals surface area contributed by atoms with E-state index in [2.05, 4.69) is 15.0 Å². The lowest BCUT2D eigenvalue weighted by Gasteiger charge is -1.80. The molecular formula is C5H4ClN3OS. The van der Waals surface area contributed by atoms with Crippen LogP contribution in [0.1, 0.15) is 0 Å². The molecule has 2 aromatic heterocycles. The molecule has 0 spiro atoms. The number of H-pyrrole nitrogens is 1. The SMILES string of the molecule is Cl.O=c1[nH]c2ncncc2s1. The zero-order chi connectivity index (χ0) is 6.97. The second-order valence-corrected chi connectivity index (χ2v) is 2.76. The van der Waals surface area contributed by atoms with Gasteiger partial charge in [-0.25, -0.2) is 9.97 Å². The van der Waals surface area contributed by atoms with Crippen molar-refractivity contribution in [3.63, 3.8) is 0 Å². The van der Waals surface area contributed by atoms with Gasteiger partial charge < -0.3 is 0 Å². The van der Waals surface area contributed by atoms with Gasteiger partial charge in [-0.05, 0) is 0 Å². The minimum atomic E-state index is -0.0875. The van der Waals surface area contributed by atoms with Gasteiger partial charge in [0.05, 0.1) is 4.70 Å². The number of hydrogen-bond acceptors (Lipinski definition) is 4. The average Bonchev–Trinajstić information content (AvgIpc) is 2.27. The molecule has 0 aliphatic rings. The Morgan fingerprint density at radius 1 is 1.55 bits per heavy atom. The fourth-order valence-corrected chi connectivity index (χ4v) is 1.37. The van der Waals surface area contributed by atoms with Crippen molar-refractivity contribution in [2.75, 3.05) is 0 Å². The van der Waals surface area contributed by atoms with Crippen molar-refractivity contribution in [3.8, 4) is 0 Å². The highest BCUT2D eigenvalue weighted by molar-refractivity contribution is 7.16. The molecule has 2 aromatic rings. The fourth-order valence-electron chi connectivity index (χ4n) is 0.707. The highest BCUT2D eigenvalue weighted by atomic mass is 35.5. The van der Waals surface area contributed by atoms with Crippen LogP contribution >= 0.6 is 23.7 Å². The van der Waals surface area contributed by atoms with Crippen molar-refractivity contribution in [1.82, 2.24) is 15.0 Å². The summed E-state index contributed by atoms with van der Waals surface area (Å²) in [6, 6.07) is 0. The first-order valence-corrected chi connectivity index (χ1v) is 3.47. The molecule has 0 amide bonds. The van der Waals surface area contributed by atoms with Gasteiger partial charge in [0.15, 0.2) is 5.65 Å². The van der Waals surface area contributed by atoms with E-state index in [0.29, 0.717) is 5.65 Å². The van der Waals surface area contributed by atoms with E-state index in [1.54, 1.807) is 6.20 Å². The molecule has 6 heteroatoms. The Morgan fingerprint density at radius 3 is 3.09 bits per heavy atom. The normalized spacial score (nSPS) is 9.45. The van der Waals surface area contributed by atoms with Crippen LogP contribution in [0.4, 0.5) is 0 Å². The molecule has 0 saturated heterocycles. The number of hydrogen-bond donors (Lipinski definition) is 1. The molecule has 4 nitrogen and oxygen atoms in total. The molecule has 2 rings (SSSR count). The zero-order valence-corrected chi connectivity index (χ0v) is 6.91. The summed E-state index contributed by atoms with van der Waals surface area (Å²) in [6.45, 7) is 0. The van der Waals surface area contributed by atoms with Crippen LogP contribution in [0.3, 0.4) is 0 Å². The lowest BCUT2D eigenvalue weighted by molar-refractivity contribution is 1.19. The van der Waals surface area contributed by atoms with E-state index in [-0.39, 0.29) is 17.3 Å². The van der Waals surface area contributed by atoms with Crippen molar-refractivity contribution in [3.05, 3.63) is 22.2 Å². The average molecular weight is 190 g/mol. The van der Waals surface area contributed by atoms with Gasteiger partial charge in [0.2, 0.25) is 0 Å². The molecular weight excluding hydrogens is 186 g/mol. The fraction of sp³-hybridized carbons (Fsp3) is 0. The maximum Gasteiger partial charge on any atom is 0.306 e. The number of halogens is 1. The van der Waals surface area contributed by atoms with Gasteiger partial charge in [-0.2, -0.15) is 0 Å². The molecule has 1 N–H and O–H groups in total. The number of nitrogens with one attached hydrogen (secondary N) is 1. The Kier molecular flexibility index (Phi) is 2.21. The van der Waals surface area contributed by atoms with Crippen LogP contribution < -0.4 is 4.87 Å². The van der Waals surface area contributed by atoms with Gasteiger partial charge in [-0.15, -0.1) is 12.4 Å². The van der Waals surface area contributed by atoms with Crippen molar-refractivity contribution in [2.24, 2.45) is 0 Å². The van der Waals surface area contributed by atoms with Gasteiger partial charge in [0.1, 0.15) is 6.33 Å². The first-order chi connectivity index (χ1) is 4.86. The molecule has 0 aliphatic carbocycles. The van der Waals surface area contributed by atoms with Crippen molar-refractivity contribution >= 4 is 34.1 Å². The minimum Gasteiger partial charge on any atom is -0.297 e. The third-order valence-corrected chi connectivity index (χ3v) is 1.91. The summed E-state index contributed by atoms with van der Waals surface area (Å²) in [5, 5.41) is 0. The Balaban J connectivity index is 0.000000605. The largest absolute Gasteiger partial charge is 0.306 e. The molecule has 11 heavy (non-hydrogen) atoms. The Hall–Kier alpha value is -0.940. The highest BCUT2D eigenvalue weighted by Gasteiger charge is 1.96. The minimum absolute atomic E-state index is 0. The van der Waals surface area contributed by atoms with Crippen LogP contribution in [0, 0.1) is 0 Å². The van der Waals surface area contributed by atoms with Crippen LogP contribution in [-0.2, 0) is 0 Å². The molecule has 0 atom stereocenters. The van der Waals surface area contributed by atoms with Gasteiger partial charge in [-0.3, -0.25) is 9.78 Å². The van der Waals surface area contributed by atoms with E-state index < -0.39 is 0 Å². The second kappa shape index (κ2) is 2.98. The first-order valence-electron chi connectivity index (χ1n) is 2.65. The number of rotatable bonds is 0. The topological polar surface area (TPSA) is 58.6 Å². The third kappa shape index (κ3) is 1.38. The number of thiazole rings is 1. The molecule has 0 aromatic carbocycles. The molecule has 0 bridgehead atoms. The Morgan fingerprint density at radius 2 is 2.36 bits per heavy atom. The van der Waals surface area contributed by atoms with E-state index in [0.717, 1.165) is 16.0 Å². The Labute approximate surface area is 71.7 Å². The van der Waals surface area contributed by atoms with Crippen LogP contribution in [0.15, 0.2) is 17.3 Å². The predicted octanol–water partition coefficient (Wildman–Crippen LogP) is 0.801. The number of nitrogens with zero attached hydrogens (tertiary/aromatic N) is 2. The molecule has 0 radical (unpaired) electrons. The van der Waals surface area contributed by atoms with Crippen molar-refractivity contribution < 1.29 is 0 Å². The second-order valence-electron chi connectivity index (χ2n) is 1.75. The van der Waals surface area contributed by atoms with Crippen LogP contribution in [0.25, 0.3) is 10.3 Å². The monoisotopic (exact) mass is 189 g/mol. The molecule has 58 valence electrons. The van der Waals surface area contributed by atoms with Crippen LogP contribution in [0.2, 0.25) is 0 Å². The van der Waals surface area contributed by atoms with E-state index >= 15 is 0 Å². The Bertz CT molecular complexity index is 373. The van der Waals surface area contributed by atoms with E-state index in [9.17, 15) is 4.79 Å². The summed E-state index contributed by atoms with van der Waals surface area (Å²) in [5.74, 6) is 0. The summed E-state index contributed by atoms with van der Waals surface area (Å²) in [4.78, 5) is 20.8. The smallest absolute Gasteiger partial charge is 0.297 e. The molecule has 0 aliphatic heterocycles. The van der Waals surface area contributed by atoms with E-state index in [4.69, 9.17) is 0 Å². The van der Waals surface area contributed by atoms with Gasteiger partial charge in [0, 0.05) is 6.20 Å². The summed E-state index contributed by atoms with van der Waals surface area (Å²) in [5.41, 5.74) is 0.616. The number of fused-ring (bicyclic) bond motifs is 1. The standard InChI is InChI=1S/C5H3N3OS.ClH/c9-5-8-4-3(10-5)1-6-2-7-4;/h1-2H,(H,6,7,8,9);1H. The van der Waals surface area contributed by atoms with E-state index in [1.807, 2.05) is 0 Å². The van der Waals surface area contributed by atoms with Gasteiger partial charge in [0.25, 0.3) is 0 Å². The predicted molar refractivity (Wildman–Crippen MR) is 45.3 cm³/mol. The van der Waals surface area contributed by atoms with Crippen LogP contribution in [0.5, 0.6) is 0 Å². The van der Waals surface area contributed by atoms with Crippen LogP contribution in [-0.4, -0.2) is 15.0 Å². The molecule has 0 fully saturated rings. The highest BCUT2D eigenvalue weighted by Crippen LogP contribution is 2.07. The maximum atomic E-state index is 10.7. The summed E-state index contributed by atoms with van der Waals surface area (Å²) >= 11 is 1.12. The zero-order valence-electron chi connectivity index (χ0n) is 5.27. The lowest BCUT2D eigenvalue weighted by Crippen LogP contribution is -1.90. The molecule has 2 heterocycles. The molecule has 0 unspecified atom stereocenters. The molecule has 0 saturated carbocycles. The summed E-state index contributed by atoms with van der Waals surface area (Å²) < 4.78 is 0.799. The summed E-state index contributed by atoms with van der Waals surface area (Å²) in [7, 11) is 0. The van der Waals surface area contributed by atoms with Crippen molar-refractivity contribution in [1.29, 1.82) is 0 Å². The number of aromatic amines is 1. The lowest BCUT2D eigenvalue weighted by atomic mass is 10.6. The third-order valence-electron chi connectivity index (χ3n) is 1.10. The van der Waals surface area contributed by atoms with Gasteiger partial charge in [-0.1, -0.05) is 11.3 Å². The summed E-state index contributed by atoms with van der Waals surface area (Å²) in [6.07, 6.45) is 3.02. The van der Waals surface area contributed by atoms with Gasteiger partial charge >= 0.3 is 4.87 Å².